The topological polar surface area (TPSA) is 66.4 Å². The van der Waals surface area contributed by atoms with Crippen molar-refractivity contribution in [3.8, 4) is 0 Å². The summed E-state index contributed by atoms with van der Waals surface area (Å²) in [5.74, 6) is -0.216. The van der Waals surface area contributed by atoms with Gasteiger partial charge in [-0.1, -0.05) is 26.0 Å². The fourth-order valence-electron chi connectivity index (χ4n) is 2.37. The van der Waals surface area contributed by atoms with E-state index in [-0.39, 0.29) is 24.2 Å². The molecular weight excluding hydrogens is 230 g/mol. The van der Waals surface area contributed by atoms with Gasteiger partial charge < -0.3 is 10.4 Å². The van der Waals surface area contributed by atoms with Gasteiger partial charge >= 0.3 is 5.97 Å². The molecular formula is C14H23NO3. The normalized spacial score (nSPS) is 17.1. The molecule has 1 aliphatic rings. The standard InChI is InChI=1S/C14H23NO3/c1-10(2)7-11(8-13(16)17)9-15-14(18)12-5-3-4-6-12/h3-4,10-12H,5-9H2,1-2H3,(H,15,18)(H,16,17). The predicted octanol–water partition coefficient (Wildman–Crippen LogP) is 2.21. The second kappa shape index (κ2) is 7.19. The van der Waals surface area contributed by atoms with Gasteiger partial charge in [-0.25, -0.2) is 0 Å². The largest absolute Gasteiger partial charge is 0.481 e. The lowest BCUT2D eigenvalue weighted by molar-refractivity contribution is -0.138. The van der Waals surface area contributed by atoms with Crippen LogP contribution in [0.4, 0.5) is 0 Å². The van der Waals surface area contributed by atoms with Crippen LogP contribution in [-0.4, -0.2) is 23.5 Å². The molecule has 1 aliphatic carbocycles. The van der Waals surface area contributed by atoms with Crippen LogP contribution in [0.2, 0.25) is 0 Å². The lowest BCUT2D eigenvalue weighted by Crippen LogP contribution is -2.34. The molecule has 0 spiro atoms. The number of rotatable bonds is 7. The molecule has 1 amide bonds. The summed E-state index contributed by atoms with van der Waals surface area (Å²) in [4.78, 5) is 22.6. The molecule has 0 saturated heterocycles. The average Bonchev–Trinajstić information content (AvgIpc) is 2.77. The first-order chi connectivity index (χ1) is 8.49. The average molecular weight is 253 g/mol. The number of carbonyl (C=O) groups is 2. The van der Waals surface area contributed by atoms with Gasteiger partial charge in [0.05, 0.1) is 0 Å². The van der Waals surface area contributed by atoms with Gasteiger partial charge in [0.1, 0.15) is 0 Å². The summed E-state index contributed by atoms with van der Waals surface area (Å²) in [5.41, 5.74) is 0. The van der Waals surface area contributed by atoms with Crippen LogP contribution in [0.15, 0.2) is 12.2 Å². The monoisotopic (exact) mass is 253 g/mol. The molecule has 0 heterocycles. The highest BCUT2D eigenvalue weighted by Gasteiger charge is 2.21. The van der Waals surface area contributed by atoms with Crippen molar-refractivity contribution in [2.75, 3.05) is 6.54 Å². The molecule has 0 bridgehead atoms. The van der Waals surface area contributed by atoms with Crippen molar-refractivity contribution in [2.24, 2.45) is 17.8 Å². The van der Waals surface area contributed by atoms with Crippen LogP contribution >= 0.6 is 0 Å². The maximum atomic E-state index is 11.8. The van der Waals surface area contributed by atoms with E-state index < -0.39 is 5.97 Å². The van der Waals surface area contributed by atoms with Crippen molar-refractivity contribution in [1.82, 2.24) is 5.32 Å². The van der Waals surface area contributed by atoms with E-state index in [2.05, 4.69) is 19.2 Å². The number of carboxylic acids is 1. The molecule has 0 saturated carbocycles. The highest BCUT2D eigenvalue weighted by atomic mass is 16.4. The third kappa shape index (κ3) is 5.34. The highest BCUT2D eigenvalue weighted by molar-refractivity contribution is 5.79. The van der Waals surface area contributed by atoms with Gasteiger partial charge in [0, 0.05) is 18.9 Å². The van der Waals surface area contributed by atoms with Crippen LogP contribution in [0.1, 0.15) is 39.5 Å². The first kappa shape index (κ1) is 14.7. The molecule has 4 heteroatoms. The Bertz CT molecular complexity index is 315. The summed E-state index contributed by atoms with van der Waals surface area (Å²) in [6.45, 7) is 4.61. The second-order valence-corrected chi connectivity index (χ2v) is 5.48. The van der Waals surface area contributed by atoms with Crippen LogP contribution in [0, 0.1) is 17.8 Å². The van der Waals surface area contributed by atoms with E-state index in [0.717, 1.165) is 19.3 Å². The fraction of sp³-hybridized carbons (Fsp3) is 0.714. The number of hydrogen-bond donors (Lipinski definition) is 2. The van der Waals surface area contributed by atoms with Gasteiger partial charge in [-0.3, -0.25) is 9.59 Å². The Balaban J connectivity index is 2.35. The molecule has 0 aromatic heterocycles. The van der Waals surface area contributed by atoms with Crippen LogP contribution in [0.5, 0.6) is 0 Å². The molecule has 0 aromatic rings. The number of amides is 1. The summed E-state index contributed by atoms with van der Waals surface area (Å²) in [5, 5.41) is 11.7. The van der Waals surface area contributed by atoms with E-state index in [9.17, 15) is 9.59 Å². The van der Waals surface area contributed by atoms with Crippen molar-refractivity contribution in [3.05, 3.63) is 12.2 Å². The zero-order valence-corrected chi connectivity index (χ0v) is 11.2. The molecule has 2 N–H and O–H groups in total. The second-order valence-electron chi connectivity index (χ2n) is 5.48. The minimum absolute atomic E-state index is 0.0285. The molecule has 0 radical (unpaired) electrons. The van der Waals surface area contributed by atoms with Crippen LogP contribution in [-0.2, 0) is 9.59 Å². The summed E-state index contributed by atoms with van der Waals surface area (Å²) < 4.78 is 0. The highest BCUT2D eigenvalue weighted by Crippen LogP contribution is 2.19. The number of allylic oxidation sites excluding steroid dienone is 2. The van der Waals surface area contributed by atoms with Crippen LogP contribution < -0.4 is 5.32 Å². The van der Waals surface area contributed by atoms with Gasteiger partial charge in [0.2, 0.25) is 5.91 Å². The molecule has 1 atom stereocenters. The van der Waals surface area contributed by atoms with E-state index in [1.54, 1.807) is 0 Å². The summed E-state index contributed by atoms with van der Waals surface area (Å²) in [6.07, 6.45) is 6.61. The Morgan fingerprint density at radius 2 is 1.94 bits per heavy atom. The van der Waals surface area contributed by atoms with Crippen molar-refractivity contribution < 1.29 is 14.7 Å². The van der Waals surface area contributed by atoms with Gasteiger partial charge in [-0.15, -0.1) is 0 Å². The first-order valence-corrected chi connectivity index (χ1v) is 6.63. The van der Waals surface area contributed by atoms with Crippen molar-refractivity contribution in [3.63, 3.8) is 0 Å². The zero-order chi connectivity index (χ0) is 13.5. The lowest BCUT2D eigenvalue weighted by Gasteiger charge is -2.19. The Kier molecular flexibility index (Phi) is 5.89. The number of carbonyl (C=O) groups excluding carboxylic acids is 1. The fourth-order valence-corrected chi connectivity index (χ4v) is 2.37. The van der Waals surface area contributed by atoms with Gasteiger partial charge in [-0.2, -0.15) is 0 Å². The van der Waals surface area contributed by atoms with Crippen molar-refractivity contribution in [2.45, 2.75) is 39.5 Å². The third-order valence-electron chi connectivity index (χ3n) is 3.21. The Hall–Kier alpha value is -1.32. The maximum absolute atomic E-state index is 11.8. The van der Waals surface area contributed by atoms with E-state index >= 15 is 0 Å². The molecule has 18 heavy (non-hydrogen) atoms. The van der Waals surface area contributed by atoms with Gasteiger partial charge in [-0.05, 0) is 31.1 Å². The number of nitrogens with one attached hydrogen (secondary N) is 1. The smallest absolute Gasteiger partial charge is 0.303 e. The lowest BCUT2D eigenvalue weighted by atomic mass is 9.94. The summed E-state index contributed by atoms with van der Waals surface area (Å²) in [6, 6.07) is 0. The molecule has 0 fully saturated rings. The quantitative estimate of drug-likeness (QED) is 0.684. The van der Waals surface area contributed by atoms with Gasteiger partial charge in [0.15, 0.2) is 0 Å². The van der Waals surface area contributed by atoms with Crippen LogP contribution in [0.3, 0.4) is 0 Å². The Morgan fingerprint density at radius 1 is 1.33 bits per heavy atom. The van der Waals surface area contributed by atoms with Crippen LogP contribution in [0.25, 0.3) is 0 Å². The van der Waals surface area contributed by atoms with Crippen molar-refractivity contribution >= 4 is 11.9 Å². The van der Waals surface area contributed by atoms with Gasteiger partial charge in [0.25, 0.3) is 0 Å². The summed E-state index contributed by atoms with van der Waals surface area (Å²) in [7, 11) is 0. The third-order valence-corrected chi connectivity index (χ3v) is 3.21. The summed E-state index contributed by atoms with van der Waals surface area (Å²) >= 11 is 0. The SMILES string of the molecule is CC(C)CC(CNC(=O)C1CC=CC1)CC(=O)O. The molecule has 0 aliphatic heterocycles. The van der Waals surface area contributed by atoms with E-state index in [4.69, 9.17) is 5.11 Å². The Labute approximate surface area is 108 Å². The molecule has 4 nitrogen and oxygen atoms in total. The first-order valence-electron chi connectivity index (χ1n) is 6.63. The Morgan fingerprint density at radius 3 is 2.44 bits per heavy atom. The number of aliphatic carboxylic acids is 1. The predicted molar refractivity (Wildman–Crippen MR) is 70.1 cm³/mol. The molecule has 1 rings (SSSR count). The molecule has 0 aromatic carbocycles. The zero-order valence-electron chi connectivity index (χ0n) is 11.2. The number of hydrogen-bond acceptors (Lipinski definition) is 2. The molecule has 102 valence electrons. The van der Waals surface area contributed by atoms with Crippen molar-refractivity contribution in [1.29, 1.82) is 0 Å². The van der Waals surface area contributed by atoms with E-state index in [0.29, 0.717) is 12.5 Å². The molecule has 1 unspecified atom stereocenters. The van der Waals surface area contributed by atoms with E-state index in [1.165, 1.54) is 0 Å². The minimum atomic E-state index is -0.794. The van der Waals surface area contributed by atoms with E-state index in [1.807, 2.05) is 12.2 Å². The minimum Gasteiger partial charge on any atom is -0.481 e. The number of carboxylic acid groups (broad SMARTS) is 1. The maximum Gasteiger partial charge on any atom is 0.303 e.